The Labute approximate surface area is 149 Å². The van der Waals surface area contributed by atoms with Gasteiger partial charge in [0, 0.05) is 10.9 Å². The van der Waals surface area contributed by atoms with Crippen LogP contribution in [0.25, 0.3) is 0 Å². The topological polar surface area (TPSA) is 59.5 Å². The van der Waals surface area contributed by atoms with Crippen molar-refractivity contribution in [3.05, 3.63) is 59.8 Å². The van der Waals surface area contributed by atoms with Gasteiger partial charge in [-0.05, 0) is 45.0 Å². The molecular formula is C18H19BrN2O3. The average Bonchev–Trinajstić information content (AvgIpc) is 2.54. The second-order valence-electron chi connectivity index (χ2n) is 6.11. The summed E-state index contributed by atoms with van der Waals surface area (Å²) in [5.41, 5.74) is 0.371. The van der Waals surface area contributed by atoms with Crippen LogP contribution in [-0.2, 0) is 10.1 Å². The van der Waals surface area contributed by atoms with Crippen LogP contribution in [0.4, 0.5) is 10.6 Å². The first kappa shape index (κ1) is 18.1. The van der Waals surface area contributed by atoms with Crippen molar-refractivity contribution in [1.82, 2.24) is 4.98 Å². The van der Waals surface area contributed by atoms with Gasteiger partial charge < -0.3 is 4.74 Å². The van der Waals surface area contributed by atoms with Crippen molar-refractivity contribution >= 4 is 33.7 Å². The van der Waals surface area contributed by atoms with Gasteiger partial charge in [0.05, 0.1) is 5.69 Å². The highest BCUT2D eigenvalue weighted by molar-refractivity contribution is 9.08. The summed E-state index contributed by atoms with van der Waals surface area (Å²) in [6.07, 6.45) is -0.754. The zero-order valence-electron chi connectivity index (χ0n) is 13.8. The fraction of sp³-hybridized carbons (Fsp3) is 0.278. The Morgan fingerprint density at radius 1 is 1.08 bits per heavy atom. The molecule has 24 heavy (non-hydrogen) atoms. The molecule has 0 spiro atoms. The smallest absolute Gasteiger partial charge is 0.423 e. The molecule has 6 heteroatoms. The minimum absolute atomic E-state index is 0.232. The summed E-state index contributed by atoms with van der Waals surface area (Å²) >= 11 is 3.33. The highest BCUT2D eigenvalue weighted by Crippen LogP contribution is 2.20. The fourth-order valence-electron chi connectivity index (χ4n) is 1.96. The van der Waals surface area contributed by atoms with Crippen LogP contribution in [0, 0.1) is 0 Å². The van der Waals surface area contributed by atoms with Crippen LogP contribution in [0.1, 0.15) is 36.8 Å². The molecule has 0 aliphatic carbocycles. The number of carbonyl (C=O) groups is 2. The molecule has 2 rings (SSSR count). The van der Waals surface area contributed by atoms with Gasteiger partial charge in [-0.25, -0.2) is 9.78 Å². The van der Waals surface area contributed by atoms with E-state index in [0.717, 1.165) is 4.90 Å². The number of ether oxygens (including phenoxy) is 1. The lowest BCUT2D eigenvalue weighted by Gasteiger charge is -2.25. The van der Waals surface area contributed by atoms with E-state index in [2.05, 4.69) is 20.9 Å². The summed E-state index contributed by atoms with van der Waals surface area (Å²) in [5.74, 6) is -0.251. The van der Waals surface area contributed by atoms with Crippen LogP contribution in [0.3, 0.4) is 0 Å². The number of pyridine rings is 1. The molecular weight excluding hydrogens is 372 g/mol. The van der Waals surface area contributed by atoms with Gasteiger partial charge in [0.1, 0.15) is 11.4 Å². The molecule has 0 unspecified atom stereocenters. The van der Waals surface area contributed by atoms with E-state index in [9.17, 15) is 9.59 Å². The maximum Gasteiger partial charge on any atom is 0.423 e. The summed E-state index contributed by atoms with van der Waals surface area (Å²) in [6, 6.07) is 13.7. The quantitative estimate of drug-likeness (QED) is 0.720. The van der Waals surface area contributed by atoms with Gasteiger partial charge in [0.25, 0.3) is 5.91 Å². The van der Waals surface area contributed by atoms with Crippen molar-refractivity contribution in [2.75, 3.05) is 4.90 Å². The van der Waals surface area contributed by atoms with Crippen molar-refractivity contribution in [2.45, 2.75) is 31.7 Å². The second-order valence-corrected chi connectivity index (χ2v) is 6.67. The lowest BCUT2D eigenvalue weighted by molar-refractivity contribution is 0.0563. The second kappa shape index (κ2) is 7.57. The zero-order valence-corrected chi connectivity index (χ0v) is 15.4. The molecule has 1 aromatic carbocycles. The number of anilines is 1. The van der Waals surface area contributed by atoms with Crippen molar-refractivity contribution in [3.8, 4) is 0 Å². The number of amides is 2. The van der Waals surface area contributed by atoms with E-state index in [-0.39, 0.29) is 5.82 Å². The third-order valence-electron chi connectivity index (χ3n) is 2.96. The minimum Gasteiger partial charge on any atom is -0.443 e. The third-order valence-corrected chi connectivity index (χ3v) is 3.53. The number of nitrogens with zero attached hydrogens (tertiary/aromatic N) is 2. The third kappa shape index (κ3) is 4.64. The van der Waals surface area contributed by atoms with Gasteiger partial charge in [-0.1, -0.05) is 40.2 Å². The van der Waals surface area contributed by atoms with Crippen molar-refractivity contribution in [1.29, 1.82) is 0 Å². The monoisotopic (exact) mass is 390 g/mol. The maximum atomic E-state index is 12.8. The number of alkyl halides is 1. The van der Waals surface area contributed by atoms with Crippen LogP contribution in [0.2, 0.25) is 0 Å². The van der Waals surface area contributed by atoms with E-state index >= 15 is 0 Å². The van der Waals surface area contributed by atoms with Crippen LogP contribution in [-0.4, -0.2) is 22.6 Å². The lowest BCUT2D eigenvalue weighted by Crippen LogP contribution is -2.41. The van der Waals surface area contributed by atoms with E-state index in [0.29, 0.717) is 16.6 Å². The first-order chi connectivity index (χ1) is 11.3. The molecule has 0 bridgehead atoms. The molecule has 2 amide bonds. The average molecular weight is 391 g/mol. The van der Waals surface area contributed by atoms with Crippen molar-refractivity contribution in [3.63, 3.8) is 0 Å². The number of carbonyl (C=O) groups excluding carboxylic acids is 2. The highest BCUT2D eigenvalue weighted by atomic mass is 79.9. The first-order valence-electron chi connectivity index (χ1n) is 7.46. The number of imide groups is 1. The molecule has 0 fully saturated rings. The molecule has 1 heterocycles. The number of halogens is 1. The highest BCUT2D eigenvalue weighted by Gasteiger charge is 2.30. The fourth-order valence-corrected chi connectivity index (χ4v) is 2.28. The van der Waals surface area contributed by atoms with Gasteiger partial charge in [-0.15, -0.1) is 0 Å². The van der Waals surface area contributed by atoms with Gasteiger partial charge in [0.15, 0.2) is 0 Å². The Hall–Kier alpha value is -2.21. The van der Waals surface area contributed by atoms with E-state index < -0.39 is 17.6 Å². The van der Waals surface area contributed by atoms with Gasteiger partial charge in [-0.3, -0.25) is 4.79 Å². The predicted molar refractivity (Wildman–Crippen MR) is 96.4 cm³/mol. The number of hydrogen-bond acceptors (Lipinski definition) is 4. The molecule has 0 saturated carbocycles. The first-order valence-corrected chi connectivity index (χ1v) is 8.58. The molecule has 2 aromatic rings. The summed E-state index contributed by atoms with van der Waals surface area (Å²) in [4.78, 5) is 30.8. The SMILES string of the molecule is CC(C)(C)OC(=O)N(C(=O)c1ccccc1)c1cccc(CBr)n1. The Balaban J connectivity index is 2.44. The minimum atomic E-state index is -0.754. The Bertz CT molecular complexity index is 727. The van der Waals surface area contributed by atoms with Crippen LogP contribution < -0.4 is 4.90 Å². The standard InChI is InChI=1S/C18H19BrN2O3/c1-18(2,3)24-17(23)21(15-11-7-10-14(12-19)20-15)16(22)13-8-5-4-6-9-13/h4-11H,12H2,1-3H3. The molecule has 0 aliphatic rings. The van der Waals surface area contributed by atoms with E-state index in [4.69, 9.17) is 4.74 Å². The molecule has 126 valence electrons. The summed E-state index contributed by atoms with van der Waals surface area (Å²) < 4.78 is 5.38. The van der Waals surface area contributed by atoms with Crippen molar-refractivity contribution < 1.29 is 14.3 Å². The molecule has 0 saturated heterocycles. The maximum absolute atomic E-state index is 12.8. The predicted octanol–water partition coefficient (Wildman–Crippen LogP) is 4.56. The van der Waals surface area contributed by atoms with Crippen LogP contribution >= 0.6 is 15.9 Å². The normalized spacial score (nSPS) is 11.0. The summed E-state index contributed by atoms with van der Waals surface area (Å²) in [5, 5.41) is 0.516. The molecule has 0 atom stereocenters. The Morgan fingerprint density at radius 3 is 2.33 bits per heavy atom. The van der Waals surface area contributed by atoms with E-state index in [1.807, 2.05) is 0 Å². The molecule has 0 aliphatic heterocycles. The molecule has 1 aromatic heterocycles. The molecule has 0 N–H and O–H groups in total. The zero-order chi connectivity index (χ0) is 17.7. The number of rotatable bonds is 3. The van der Waals surface area contributed by atoms with E-state index in [1.165, 1.54) is 0 Å². The lowest BCUT2D eigenvalue weighted by atomic mass is 10.2. The number of aromatic nitrogens is 1. The van der Waals surface area contributed by atoms with Crippen LogP contribution in [0.5, 0.6) is 0 Å². The van der Waals surface area contributed by atoms with Gasteiger partial charge >= 0.3 is 6.09 Å². The summed E-state index contributed by atoms with van der Waals surface area (Å²) in [6.45, 7) is 5.25. The van der Waals surface area contributed by atoms with Gasteiger partial charge in [-0.2, -0.15) is 4.90 Å². The molecule has 0 radical (unpaired) electrons. The number of benzene rings is 1. The van der Waals surface area contributed by atoms with E-state index in [1.54, 1.807) is 69.3 Å². The largest absolute Gasteiger partial charge is 0.443 e. The van der Waals surface area contributed by atoms with Gasteiger partial charge in [0.2, 0.25) is 0 Å². The molecule has 5 nitrogen and oxygen atoms in total. The van der Waals surface area contributed by atoms with Crippen molar-refractivity contribution in [2.24, 2.45) is 0 Å². The Kier molecular flexibility index (Phi) is 5.72. The Morgan fingerprint density at radius 2 is 1.75 bits per heavy atom. The number of hydrogen-bond donors (Lipinski definition) is 0. The summed E-state index contributed by atoms with van der Waals surface area (Å²) in [7, 11) is 0. The van der Waals surface area contributed by atoms with Crippen LogP contribution in [0.15, 0.2) is 48.5 Å².